The molecule has 0 aliphatic rings. The summed E-state index contributed by atoms with van der Waals surface area (Å²) in [5, 5.41) is 7.62. The van der Waals surface area contributed by atoms with E-state index in [2.05, 4.69) is 4.89 Å². The molecule has 0 saturated heterocycles. The van der Waals surface area contributed by atoms with Crippen molar-refractivity contribution < 1.29 is 14.9 Å². The first-order chi connectivity index (χ1) is 3.31. The fourth-order valence-electron chi connectivity index (χ4n) is 0.250. The molecule has 1 N–H and O–H groups in total. The second-order valence-corrected chi connectivity index (χ2v) is 1.21. The minimum atomic E-state index is -0.567. The lowest BCUT2D eigenvalue weighted by Gasteiger charge is -1.87. The average molecular weight is 104 g/mol. The van der Waals surface area contributed by atoms with Crippen LogP contribution >= 0.6 is 0 Å². The minimum absolute atomic E-state index is 0.288. The Balaban J connectivity index is 3.00. The highest BCUT2D eigenvalue weighted by atomic mass is 17.1. The van der Waals surface area contributed by atoms with Crippen molar-refractivity contribution >= 4 is 5.97 Å². The molecule has 0 fully saturated rings. The third-order valence-corrected chi connectivity index (χ3v) is 0.556. The summed E-state index contributed by atoms with van der Waals surface area (Å²) < 4.78 is 0. The highest BCUT2D eigenvalue weighted by Crippen LogP contribution is 1.86. The van der Waals surface area contributed by atoms with E-state index in [1.165, 1.54) is 0 Å². The quantitative estimate of drug-likeness (QED) is 0.416. The van der Waals surface area contributed by atoms with Crippen molar-refractivity contribution in [2.24, 2.45) is 0 Å². The van der Waals surface area contributed by atoms with Gasteiger partial charge in [-0.15, -0.1) is 0 Å². The molecule has 7 heavy (non-hydrogen) atoms. The van der Waals surface area contributed by atoms with Gasteiger partial charge in [-0.05, 0) is 6.42 Å². The van der Waals surface area contributed by atoms with Crippen LogP contribution in [-0.4, -0.2) is 11.2 Å². The van der Waals surface area contributed by atoms with Gasteiger partial charge in [0.2, 0.25) is 0 Å². The fraction of sp³-hybridized carbons (Fsp3) is 0.750. The molecule has 0 rings (SSSR count). The van der Waals surface area contributed by atoms with Crippen LogP contribution in [0.1, 0.15) is 19.8 Å². The van der Waals surface area contributed by atoms with Gasteiger partial charge in [-0.1, -0.05) is 6.92 Å². The van der Waals surface area contributed by atoms with Gasteiger partial charge in [-0.25, -0.2) is 4.79 Å². The van der Waals surface area contributed by atoms with E-state index in [0.29, 0.717) is 6.42 Å². The van der Waals surface area contributed by atoms with Crippen molar-refractivity contribution in [2.45, 2.75) is 19.8 Å². The highest BCUT2D eigenvalue weighted by molar-refractivity contribution is 5.68. The van der Waals surface area contributed by atoms with Gasteiger partial charge >= 0.3 is 5.97 Å². The fourth-order valence-corrected chi connectivity index (χ4v) is 0.250. The Morgan fingerprint density at radius 2 is 2.43 bits per heavy atom. The highest BCUT2D eigenvalue weighted by Gasteiger charge is 1.95. The molecule has 42 valence electrons. The zero-order valence-electron chi connectivity index (χ0n) is 4.18. The summed E-state index contributed by atoms with van der Waals surface area (Å²) in [5.74, 6) is -0.567. The number of hydrogen-bond donors (Lipinski definition) is 1. The van der Waals surface area contributed by atoms with E-state index < -0.39 is 5.97 Å². The molecule has 3 nitrogen and oxygen atoms in total. The van der Waals surface area contributed by atoms with Crippen LogP contribution in [0.25, 0.3) is 0 Å². The summed E-state index contributed by atoms with van der Waals surface area (Å²) >= 11 is 0. The van der Waals surface area contributed by atoms with Gasteiger partial charge in [0.1, 0.15) is 0 Å². The van der Waals surface area contributed by atoms with Gasteiger partial charge in [0.25, 0.3) is 0 Å². The first kappa shape index (κ1) is 6.43. The predicted molar refractivity (Wildman–Crippen MR) is 23.6 cm³/mol. The van der Waals surface area contributed by atoms with E-state index in [4.69, 9.17) is 5.26 Å². The predicted octanol–water partition coefficient (Wildman–Crippen LogP) is 0.803. The van der Waals surface area contributed by atoms with Crippen LogP contribution in [0, 0.1) is 0 Å². The Kier molecular flexibility index (Phi) is 3.32. The standard InChI is InChI=1S/C4H8O3/c1-2-3-4(5)7-6/h6H,2-3H2,1H3. The maximum absolute atomic E-state index is 9.94. The van der Waals surface area contributed by atoms with Crippen molar-refractivity contribution in [1.82, 2.24) is 0 Å². The van der Waals surface area contributed by atoms with Crippen LogP contribution in [0.3, 0.4) is 0 Å². The van der Waals surface area contributed by atoms with Crippen LogP contribution in [0.5, 0.6) is 0 Å². The summed E-state index contributed by atoms with van der Waals surface area (Å²) in [5.41, 5.74) is 0. The zero-order valence-corrected chi connectivity index (χ0v) is 4.18. The zero-order chi connectivity index (χ0) is 5.70. The van der Waals surface area contributed by atoms with E-state index >= 15 is 0 Å². The molecule has 0 saturated carbocycles. The molecular formula is C4H8O3. The van der Waals surface area contributed by atoms with E-state index in [1.807, 2.05) is 6.92 Å². The summed E-state index contributed by atoms with van der Waals surface area (Å²) in [6, 6.07) is 0. The number of rotatable bonds is 2. The third kappa shape index (κ3) is 3.26. The van der Waals surface area contributed by atoms with Gasteiger partial charge in [0.15, 0.2) is 0 Å². The topological polar surface area (TPSA) is 46.5 Å². The molecule has 0 spiro atoms. The van der Waals surface area contributed by atoms with Gasteiger partial charge in [0.05, 0.1) is 0 Å². The van der Waals surface area contributed by atoms with Crippen molar-refractivity contribution in [3.63, 3.8) is 0 Å². The Morgan fingerprint density at radius 3 is 2.57 bits per heavy atom. The minimum Gasteiger partial charge on any atom is -0.301 e. The van der Waals surface area contributed by atoms with Crippen molar-refractivity contribution in [3.8, 4) is 0 Å². The number of hydrogen-bond acceptors (Lipinski definition) is 3. The first-order valence-corrected chi connectivity index (χ1v) is 2.15. The summed E-state index contributed by atoms with van der Waals surface area (Å²) in [4.78, 5) is 13.3. The van der Waals surface area contributed by atoms with Crippen LogP contribution in [0.15, 0.2) is 0 Å². The summed E-state index contributed by atoms with van der Waals surface area (Å²) in [7, 11) is 0. The van der Waals surface area contributed by atoms with Crippen molar-refractivity contribution in [2.75, 3.05) is 0 Å². The molecule has 0 aromatic heterocycles. The molecule has 0 radical (unpaired) electrons. The van der Waals surface area contributed by atoms with E-state index in [9.17, 15) is 4.79 Å². The Labute approximate surface area is 41.8 Å². The van der Waals surface area contributed by atoms with E-state index in [0.717, 1.165) is 0 Å². The van der Waals surface area contributed by atoms with Crippen LogP contribution in [-0.2, 0) is 9.68 Å². The molecule has 0 atom stereocenters. The molecule has 0 amide bonds. The SMILES string of the molecule is CCCC(=O)OO. The van der Waals surface area contributed by atoms with E-state index in [-0.39, 0.29) is 6.42 Å². The van der Waals surface area contributed by atoms with Gasteiger partial charge in [-0.3, -0.25) is 0 Å². The lowest BCUT2D eigenvalue weighted by molar-refractivity contribution is -0.234. The molecule has 0 aromatic rings. The second kappa shape index (κ2) is 3.61. The molecule has 0 aliphatic carbocycles. The normalized spacial score (nSPS) is 8.29. The average Bonchev–Trinajstić information content (AvgIpc) is 1.68. The molecule has 0 aliphatic heterocycles. The Hall–Kier alpha value is -0.570. The summed E-state index contributed by atoms with van der Waals surface area (Å²) in [6.45, 7) is 1.83. The largest absolute Gasteiger partial charge is 0.342 e. The van der Waals surface area contributed by atoms with Crippen molar-refractivity contribution in [3.05, 3.63) is 0 Å². The summed E-state index contributed by atoms with van der Waals surface area (Å²) in [6.07, 6.45) is 0.996. The molecule has 0 aromatic carbocycles. The smallest absolute Gasteiger partial charge is 0.301 e. The maximum Gasteiger partial charge on any atom is 0.342 e. The van der Waals surface area contributed by atoms with Crippen LogP contribution in [0.4, 0.5) is 0 Å². The van der Waals surface area contributed by atoms with Crippen LogP contribution < -0.4 is 0 Å². The van der Waals surface area contributed by atoms with Gasteiger partial charge in [-0.2, -0.15) is 5.26 Å². The van der Waals surface area contributed by atoms with Crippen molar-refractivity contribution in [1.29, 1.82) is 0 Å². The molecular weight excluding hydrogens is 96.0 g/mol. The maximum atomic E-state index is 9.94. The lowest BCUT2D eigenvalue weighted by Crippen LogP contribution is -1.97. The molecule has 3 heteroatoms. The Morgan fingerprint density at radius 1 is 1.86 bits per heavy atom. The van der Waals surface area contributed by atoms with Gasteiger partial charge < -0.3 is 4.89 Å². The third-order valence-electron chi connectivity index (χ3n) is 0.556. The molecule has 0 heterocycles. The monoisotopic (exact) mass is 104 g/mol. The molecule has 0 unspecified atom stereocenters. The number of carbonyl (C=O) groups is 1. The van der Waals surface area contributed by atoms with Crippen LogP contribution in [0.2, 0.25) is 0 Å². The molecule has 0 bridgehead atoms. The van der Waals surface area contributed by atoms with E-state index in [1.54, 1.807) is 0 Å². The second-order valence-electron chi connectivity index (χ2n) is 1.21. The first-order valence-electron chi connectivity index (χ1n) is 2.15. The van der Waals surface area contributed by atoms with Gasteiger partial charge in [0, 0.05) is 6.42 Å². The lowest BCUT2D eigenvalue weighted by atomic mass is 10.3. The Bertz CT molecular complexity index is 60.0. The number of carbonyl (C=O) groups excluding carboxylic acids is 1.